The van der Waals surface area contributed by atoms with Gasteiger partial charge < -0.3 is 19.8 Å². The number of rotatable bonds is 9. The maximum absolute atomic E-state index is 13.4. The van der Waals surface area contributed by atoms with Crippen molar-refractivity contribution in [2.45, 2.75) is 38.7 Å². The SMILES string of the molecule is Cc1ccccc1NC(=O)Nc1ccc(CC(=O)N(C)C(C)c2noc(CC(F)(F)C(=O)O)n2)cn1. The van der Waals surface area contributed by atoms with Crippen molar-refractivity contribution < 1.29 is 32.8 Å². The Bertz CT molecular complexity index is 1250. The molecule has 13 heteroatoms. The predicted molar refractivity (Wildman–Crippen MR) is 124 cm³/mol. The average molecular weight is 502 g/mol. The standard InChI is InChI=1S/C23H24F2N6O5/c1-13-6-4-5-7-16(13)27-22(35)28-17-9-8-15(12-26-17)10-19(32)31(3)14(2)20-29-18(36-30-20)11-23(24,25)21(33)34/h4-9,12,14H,10-11H2,1-3H3,(H,33,34)(H2,26,27,28,35). The minimum atomic E-state index is -4.05. The Morgan fingerprint density at radius 3 is 2.53 bits per heavy atom. The van der Waals surface area contributed by atoms with Crippen LogP contribution in [0.5, 0.6) is 0 Å². The van der Waals surface area contributed by atoms with Gasteiger partial charge in [0.2, 0.25) is 11.8 Å². The summed E-state index contributed by atoms with van der Waals surface area (Å²) in [4.78, 5) is 44.7. The van der Waals surface area contributed by atoms with Gasteiger partial charge in [0, 0.05) is 18.9 Å². The number of aryl methyl sites for hydroxylation is 1. The number of aliphatic carboxylic acids is 1. The molecule has 2 heterocycles. The molecule has 3 amide bonds. The van der Waals surface area contributed by atoms with Gasteiger partial charge in [-0.3, -0.25) is 10.1 Å². The summed E-state index contributed by atoms with van der Waals surface area (Å²) in [6.45, 7) is 3.44. The molecule has 11 nitrogen and oxygen atoms in total. The normalized spacial score (nSPS) is 12.0. The molecule has 1 unspecified atom stereocenters. The lowest BCUT2D eigenvalue weighted by Gasteiger charge is -2.22. The second-order valence-corrected chi connectivity index (χ2v) is 8.04. The Morgan fingerprint density at radius 1 is 1.17 bits per heavy atom. The lowest BCUT2D eigenvalue weighted by Crippen LogP contribution is -2.32. The van der Waals surface area contributed by atoms with Crippen LogP contribution in [0.3, 0.4) is 0 Å². The molecule has 0 bridgehead atoms. The first kappa shape index (κ1) is 26.2. The van der Waals surface area contributed by atoms with Crippen molar-refractivity contribution in [1.82, 2.24) is 20.0 Å². The van der Waals surface area contributed by atoms with Gasteiger partial charge in [-0.1, -0.05) is 29.4 Å². The zero-order chi connectivity index (χ0) is 26.5. The number of urea groups is 1. The maximum atomic E-state index is 13.4. The molecule has 0 spiro atoms. The quantitative estimate of drug-likeness (QED) is 0.403. The molecule has 36 heavy (non-hydrogen) atoms. The number of nitrogens with zero attached hydrogens (tertiary/aromatic N) is 4. The van der Waals surface area contributed by atoms with E-state index in [0.29, 0.717) is 11.3 Å². The van der Waals surface area contributed by atoms with E-state index in [1.54, 1.807) is 31.2 Å². The molecule has 0 saturated heterocycles. The van der Waals surface area contributed by atoms with Crippen LogP contribution in [0.25, 0.3) is 0 Å². The van der Waals surface area contributed by atoms with Gasteiger partial charge in [-0.2, -0.15) is 13.8 Å². The van der Waals surface area contributed by atoms with Crippen LogP contribution in [-0.2, 0) is 22.4 Å². The Morgan fingerprint density at radius 2 is 1.89 bits per heavy atom. The molecule has 1 aromatic carbocycles. The van der Waals surface area contributed by atoms with Crippen LogP contribution in [0.4, 0.5) is 25.1 Å². The second kappa shape index (κ2) is 10.9. The number of anilines is 2. The Hall–Kier alpha value is -4.42. The van der Waals surface area contributed by atoms with Gasteiger partial charge in [0.1, 0.15) is 12.2 Å². The van der Waals surface area contributed by atoms with Crippen molar-refractivity contribution in [2.75, 3.05) is 17.7 Å². The molecule has 3 rings (SSSR count). The number of pyridine rings is 1. The first-order valence-electron chi connectivity index (χ1n) is 10.7. The number of para-hydroxylation sites is 1. The number of alkyl halides is 2. The van der Waals surface area contributed by atoms with Crippen molar-refractivity contribution in [3.05, 3.63) is 65.4 Å². The number of nitrogens with one attached hydrogen (secondary N) is 2. The summed E-state index contributed by atoms with van der Waals surface area (Å²) in [7, 11) is 1.48. The summed E-state index contributed by atoms with van der Waals surface area (Å²) >= 11 is 0. The summed E-state index contributed by atoms with van der Waals surface area (Å²) in [5, 5.41) is 17.4. The third-order valence-corrected chi connectivity index (χ3v) is 5.33. The van der Waals surface area contributed by atoms with Crippen molar-refractivity contribution in [3.8, 4) is 0 Å². The Labute approximate surface area is 204 Å². The molecule has 0 saturated carbocycles. The summed E-state index contributed by atoms with van der Waals surface area (Å²) < 4.78 is 31.4. The largest absolute Gasteiger partial charge is 0.477 e. The van der Waals surface area contributed by atoms with E-state index < -0.39 is 36.3 Å². The summed E-state index contributed by atoms with van der Waals surface area (Å²) in [5.74, 6) is -7.00. The number of hydrogen-bond acceptors (Lipinski definition) is 7. The molecule has 0 aliphatic heterocycles. The molecule has 3 N–H and O–H groups in total. The monoisotopic (exact) mass is 502 g/mol. The van der Waals surface area contributed by atoms with E-state index in [4.69, 9.17) is 9.63 Å². The van der Waals surface area contributed by atoms with Crippen molar-refractivity contribution >= 4 is 29.4 Å². The maximum Gasteiger partial charge on any atom is 0.375 e. The molecule has 3 aromatic rings. The Kier molecular flexibility index (Phi) is 7.92. The third-order valence-electron chi connectivity index (χ3n) is 5.33. The van der Waals surface area contributed by atoms with E-state index >= 15 is 0 Å². The Balaban J connectivity index is 1.55. The van der Waals surface area contributed by atoms with Gasteiger partial charge in [0.25, 0.3) is 0 Å². The summed E-state index contributed by atoms with van der Waals surface area (Å²) in [6, 6.07) is 9.30. The molecule has 2 aromatic heterocycles. The minimum Gasteiger partial charge on any atom is -0.477 e. The molecule has 0 aliphatic carbocycles. The van der Waals surface area contributed by atoms with Crippen molar-refractivity contribution in [3.63, 3.8) is 0 Å². The highest BCUT2D eigenvalue weighted by atomic mass is 19.3. The third kappa shape index (κ3) is 6.58. The fourth-order valence-electron chi connectivity index (χ4n) is 3.05. The van der Waals surface area contributed by atoms with Crippen LogP contribution < -0.4 is 10.6 Å². The van der Waals surface area contributed by atoms with Crippen LogP contribution in [0.2, 0.25) is 0 Å². The highest BCUT2D eigenvalue weighted by molar-refractivity contribution is 5.99. The van der Waals surface area contributed by atoms with Crippen molar-refractivity contribution in [2.24, 2.45) is 0 Å². The fourth-order valence-corrected chi connectivity index (χ4v) is 3.05. The van der Waals surface area contributed by atoms with E-state index in [-0.39, 0.29) is 24.0 Å². The van der Waals surface area contributed by atoms with Gasteiger partial charge in [-0.25, -0.2) is 14.6 Å². The molecule has 0 radical (unpaired) electrons. The van der Waals surface area contributed by atoms with Crippen molar-refractivity contribution in [1.29, 1.82) is 0 Å². The number of carboxylic acids is 1. The number of halogens is 2. The number of aromatic nitrogens is 3. The van der Waals surface area contributed by atoms with E-state index in [9.17, 15) is 23.2 Å². The zero-order valence-electron chi connectivity index (χ0n) is 19.7. The van der Waals surface area contributed by atoms with Crippen LogP contribution in [0.1, 0.15) is 35.8 Å². The number of benzene rings is 1. The van der Waals surface area contributed by atoms with Gasteiger partial charge >= 0.3 is 17.9 Å². The zero-order valence-corrected chi connectivity index (χ0v) is 19.7. The number of likely N-dealkylation sites (N-methyl/N-ethyl adjacent to an activating group) is 1. The van der Waals surface area contributed by atoms with Gasteiger partial charge in [-0.05, 0) is 37.1 Å². The molecule has 1 atom stereocenters. The number of hydrogen-bond donors (Lipinski definition) is 3. The fraction of sp³-hybridized carbons (Fsp3) is 0.304. The lowest BCUT2D eigenvalue weighted by atomic mass is 10.1. The second-order valence-electron chi connectivity index (χ2n) is 8.04. The number of carboxylic acid groups (broad SMARTS) is 1. The highest BCUT2D eigenvalue weighted by Gasteiger charge is 2.41. The van der Waals surface area contributed by atoms with Crippen LogP contribution in [0.15, 0.2) is 47.1 Å². The summed E-state index contributed by atoms with van der Waals surface area (Å²) in [6.07, 6.45) is 0.153. The molecular formula is C23H24F2N6O5. The van der Waals surface area contributed by atoms with Crippen LogP contribution in [-0.4, -0.2) is 56.0 Å². The topological polar surface area (TPSA) is 151 Å². The highest BCUT2D eigenvalue weighted by Crippen LogP contribution is 2.22. The lowest BCUT2D eigenvalue weighted by molar-refractivity contribution is -0.165. The van der Waals surface area contributed by atoms with E-state index in [1.165, 1.54) is 18.1 Å². The molecule has 0 aliphatic rings. The van der Waals surface area contributed by atoms with Gasteiger partial charge in [0.05, 0.1) is 12.5 Å². The van der Waals surface area contributed by atoms with Crippen LogP contribution >= 0.6 is 0 Å². The molecular weight excluding hydrogens is 478 g/mol. The van der Waals surface area contributed by atoms with Gasteiger partial charge in [0.15, 0.2) is 5.82 Å². The van der Waals surface area contributed by atoms with E-state index in [1.807, 2.05) is 19.1 Å². The van der Waals surface area contributed by atoms with Crippen LogP contribution in [0, 0.1) is 6.92 Å². The first-order valence-corrected chi connectivity index (χ1v) is 10.7. The molecule has 0 fully saturated rings. The van der Waals surface area contributed by atoms with E-state index in [2.05, 4.69) is 25.8 Å². The molecule has 190 valence electrons. The van der Waals surface area contributed by atoms with E-state index in [0.717, 1.165) is 5.56 Å². The smallest absolute Gasteiger partial charge is 0.375 e. The number of amides is 3. The minimum absolute atomic E-state index is 0.0364. The number of carbonyl (C=O) groups is 3. The van der Waals surface area contributed by atoms with Gasteiger partial charge in [-0.15, -0.1) is 0 Å². The first-order chi connectivity index (χ1) is 17.0. The summed E-state index contributed by atoms with van der Waals surface area (Å²) in [5.41, 5.74) is 2.14. The number of carbonyl (C=O) groups excluding carboxylic acids is 2. The predicted octanol–water partition coefficient (Wildman–Crippen LogP) is 3.44. The average Bonchev–Trinajstić information content (AvgIpc) is 3.28.